The minimum atomic E-state index is -5.08. The van der Waals surface area contributed by atoms with Gasteiger partial charge in [0.15, 0.2) is 0 Å². The molecule has 0 aliphatic carbocycles. The Morgan fingerprint density at radius 2 is 1.62 bits per heavy atom. The molecule has 1 fully saturated rings. The molecule has 2 N–H and O–H groups in total. The van der Waals surface area contributed by atoms with Crippen LogP contribution in [0.4, 0.5) is 26.3 Å². The molecule has 37 heavy (non-hydrogen) atoms. The molecule has 2 aromatic heterocycles. The van der Waals surface area contributed by atoms with Gasteiger partial charge < -0.3 is 19.5 Å². The number of fused-ring (bicyclic) bond motifs is 1. The van der Waals surface area contributed by atoms with Gasteiger partial charge in [0, 0.05) is 62.5 Å². The summed E-state index contributed by atoms with van der Waals surface area (Å²) in [5, 5.41) is 16.4. The number of alkyl halides is 6. The van der Waals surface area contributed by atoms with E-state index in [-0.39, 0.29) is 0 Å². The van der Waals surface area contributed by atoms with Crippen molar-refractivity contribution in [2.45, 2.75) is 32.0 Å². The third-order valence-electron chi connectivity index (χ3n) is 5.20. The number of nitrogens with zero attached hydrogens (tertiary/aromatic N) is 4. The number of morpholine rings is 1. The summed E-state index contributed by atoms with van der Waals surface area (Å²) in [6.07, 6.45) is -6.09. The molecule has 16 heteroatoms. The Morgan fingerprint density at radius 3 is 2.14 bits per heavy atom. The number of aromatic nitrogens is 2. The average Bonchev–Trinajstić information content (AvgIpc) is 3.43. The molecule has 4 rings (SSSR count). The van der Waals surface area contributed by atoms with Crippen molar-refractivity contribution in [1.29, 1.82) is 0 Å². The lowest BCUT2D eigenvalue weighted by Gasteiger charge is -2.31. The third-order valence-corrected chi connectivity index (χ3v) is 6.06. The number of rotatable bonds is 4. The molecule has 0 aromatic carbocycles. The molecule has 0 spiro atoms. The van der Waals surface area contributed by atoms with Crippen LogP contribution >= 0.6 is 11.3 Å². The zero-order chi connectivity index (χ0) is 27.6. The van der Waals surface area contributed by atoms with E-state index in [1.54, 1.807) is 0 Å². The standard InChI is InChI=1S/C17H24N4OS.2C2HF3O2/c1-2-16(23-9-1)13-20-11-15(10-19-5-7-22-8-6-19)12-21-4-3-18-17(21)14-20;2*3-2(4,5)1(6)7/h1-4,9,15H,5-8,10-14H2;2*(H,6,7). The lowest BCUT2D eigenvalue weighted by molar-refractivity contribution is -0.193. The van der Waals surface area contributed by atoms with Gasteiger partial charge in [-0.25, -0.2) is 14.6 Å². The number of carboxylic acids is 2. The first-order valence-electron chi connectivity index (χ1n) is 10.9. The predicted octanol–water partition coefficient (Wildman–Crippen LogP) is 3.18. The molecule has 2 aliphatic heterocycles. The molecular weight excluding hydrogens is 534 g/mol. The molecule has 4 heterocycles. The highest BCUT2D eigenvalue weighted by molar-refractivity contribution is 7.09. The van der Waals surface area contributed by atoms with Crippen molar-refractivity contribution in [2.24, 2.45) is 5.92 Å². The third kappa shape index (κ3) is 11.1. The Morgan fingerprint density at radius 1 is 1.03 bits per heavy atom. The van der Waals surface area contributed by atoms with Gasteiger partial charge in [-0.3, -0.25) is 9.80 Å². The molecular formula is C21H26F6N4O5S. The molecule has 0 amide bonds. The molecule has 2 aliphatic rings. The molecule has 1 unspecified atom stereocenters. The highest BCUT2D eigenvalue weighted by Gasteiger charge is 2.38. The number of aliphatic carboxylic acids is 2. The molecule has 2 aromatic rings. The van der Waals surface area contributed by atoms with E-state index in [9.17, 15) is 26.3 Å². The Bertz CT molecular complexity index is 953. The van der Waals surface area contributed by atoms with Gasteiger partial charge in [0.1, 0.15) is 5.82 Å². The van der Waals surface area contributed by atoms with Gasteiger partial charge in [-0.05, 0) is 11.4 Å². The second-order valence-electron chi connectivity index (χ2n) is 8.13. The fraction of sp³-hybridized carbons (Fsp3) is 0.571. The summed E-state index contributed by atoms with van der Waals surface area (Å²) in [5.74, 6) is -3.67. The van der Waals surface area contributed by atoms with Crippen LogP contribution < -0.4 is 0 Å². The van der Waals surface area contributed by atoms with Crippen LogP contribution in [0.1, 0.15) is 10.7 Å². The number of thiophene rings is 1. The Balaban J connectivity index is 0.000000286. The summed E-state index contributed by atoms with van der Waals surface area (Å²) < 4.78 is 71.3. The second-order valence-corrected chi connectivity index (χ2v) is 9.16. The highest BCUT2D eigenvalue weighted by Crippen LogP contribution is 2.21. The fourth-order valence-electron chi connectivity index (χ4n) is 3.63. The lowest BCUT2D eigenvalue weighted by Crippen LogP contribution is -2.42. The fourth-order valence-corrected chi connectivity index (χ4v) is 4.38. The zero-order valence-corrected chi connectivity index (χ0v) is 20.2. The molecule has 0 bridgehead atoms. The van der Waals surface area contributed by atoms with Gasteiger partial charge in [-0.15, -0.1) is 11.3 Å². The Labute approximate surface area is 211 Å². The molecule has 0 saturated carbocycles. The minimum Gasteiger partial charge on any atom is -0.475 e. The largest absolute Gasteiger partial charge is 0.490 e. The topological polar surface area (TPSA) is 108 Å². The maximum Gasteiger partial charge on any atom is 0.490 e. The van der Waals surface area contributed by atoms with Crippen LogP contribution in [0.25, 0.3) is 0 Å². The number of ether oxygens (including phenoxy) is 1. The van der Waals surface area contributed by atoms with Gasteiger partial charge in [0.05, 0.1) is 19.8 Å². The number of halogens is 6. The van der Waals surface area contributed by atoms with E-state index in [1.807, 2.05) is 17.5 Å². The van der Waals surface area contributed by atoms with E-state index in [2.05, 4.69) is 43.1 Å². The zero-order valence-electron chi connectivity index (χ0n) is 19.4. The SMILES string of the molecule is O=C(O)C(F)(F)F.O=C(O)C(F)(F)F.c1csc(CN2Cc3nccn3CC(CN3CCOCC3)C2)c1. The van der Waals surface area contributed by atoms with E-state index >= 15 is 0 Å². The molecule has 1 saturated heterocycles. The van der Waals surface area contributed by atoms with Crippen molar-refractivity contribution in [2.75, 3.05) is 39.4 Å². The monoisotopic (exact) mass is 560 g/mol. The van der Waals surface area contributed by atoms with E-state index in [1.165, 1.54) is 10.7 Å². The van der Waals surface area contributed by atoms with Crippen LogP contribution in [0.2, 0.25) is 0 Å². The van der Waals surface area contributed by atoms with Gasteiger partial charge in [0.2, 0.25) is 0 Å². The first-order chi connectivity index (χ1) is 17.3. The normalized spacial score (nSPS) is 18.9. The highest BCUT2D eigenvalue weighted by atomic mass is 32.1. The molecule has 1 atom stereocenters. The number of hydrogen-bond acceptors (Lipinski definition) is 7. The van der Waals surface area contributed by atoms with Crippen LogP contribution in [0.15, 0.2) is 29.9 Å². The van der Waals surface area contributed by atoms with Gasteiger partial charge in [-0.1, -0.05) is 6.07 Å². The quantitative estimate of drug-likeness (QED) is 0.550. The summed E-state index contributed by atoms with van der Waals surface area (Å²) in [6, 6.07) is 4.38. The van der Waals surface area contributed by atoms with Crippen LogP contribution in [0.5, 0.6) is 0 Å². The minimum absolute atomic E-state index is 0.642. The van der Waals surface area contributed by atoms with Crippen molar-refractivity contribution in [3.8, 4) is 0 Å². The van der Waals surface area contributed by atoms with Crippen molar-refractivity contribution >= 4 is 23.3 Å². The van der Waals surface area contributed by atoms with Gasteiger partial charge in [0.25, 0.3) is 0 Å². The summed E-state index contributed by atoms with van der Waals surface area (Å²) in [5.41, 5.74) is 0. The van der Waals surface area contributed by atoms with Gasteiger partial charge in [-0.2, -0.15) is 26.3 Å². The molecule has 208 valence electrons. The van der Waals surface area contributed by atoms with Crippen molar-refractivity contribution < 1.29 is 50.9 Å². The smallest absolute Gasteiger partial charge is 0.475 e. The molecule has 0 radical (unpaired) electrons. The van der Waals surface area contributed by atoms with Crippen molar-refractivity contribution in [3.05, 3.63) is 40.6 Å². The predicted molar refractivity (Wildman–Crippen MR) is 119 cm³/mol. The summed E-state index contributed by atoms with van der Waals surface area (Å²) in [6.45, 7) is 9.24. The number of carboxylic acid groups (broad SMARTS) is 2. The first-order valence-corrected chi connectivity index (χ1v) is 11.8. The van der Waals surface area contributed by atoms with E-state index in [4.69, 9.17) is 24.5 Å². The van der Waals surface area contributed by atoms with Crippen LogP contribution in [-0.2, 0) is 34.0 Å². The van der Waals surface area contributed by atoms with E-state index in [0.29, 0.717) is 5.92 Å². The Hall–Kier alpha value is -2.69. The van der Waals surface area contributed by atoms with Crippen molar-refractivity contribution in [3.63, 3.8) is 0 Å². The second kappa shape index (κ2) is 13.7. The first kappa shape index (κ1) is 30.5. The average molecular weight is 561 g/mol. The van der Waals surface area contributed by atoms with Gasteiger partial charge >= 0.3 is 24.3 Å². The summed E-state index contributed by atoms with van der Waals surface area (Å²) in [4.78, 5) is 28.9. The maximum atomic E-state index is 10.6. The van der Waals surface area contributed by atoms with Crippen LogP contribution in [0, 0.1) is 5.92 Å². The van der Waals surface area contributed by atoms with E-state index < -0.39 is 24.3 Å². The van der Waals surface area contributed by atoms with Crippen LogP contribution in [0.3, 0.4) is 0 Å². The number of hydrogen-bond donors (Lipinski definition) is 2. The Kier molecular flexibility index (Phi) is 11.3. The lowest BCUT2D eigenvalue weighted by atomic mass is 10.1. The number of imidazole rings is 1. The summed E-state index contributed by atoms with van der Waals surface area (Å²) >= 11 is 1.85. The van der Waals surface area contributed by atoms with Crippen molar-refractivity contribution in [1.82, 2.24) is 19.4 Å². The summed E-state index contributed by atoms with van der Waals surface area (Å²) in [7, 11) is 0. The van der Waals surface area contributed by atoms with E-state index in [0.717, 1.165) is 59.0 Å². The number of carbonyl (C=O) groups is 2. The maximum absolute atomic E-state index is 10.6. The van der Waals surface area contributed by atoms with Crippen LogP contribution in [-0.4, -0.2) is 93.2 Å². The molecule has 9 nitrogen and oxygen atoms in total.